The molecule has 0 saturated heterocycles. The minimum absolute atomic E-state index is 0.0957. The molecule has 0 aliphatic carbocycles. The minimum Gasteiger partial charge on any atom is -0.385 e. The average molecular weight is 455 g/mol. The van der Waals surface area contributed by atoms with E-state index in [-0.39, 0.29) is 17.2 Å². The van der Waals surface area contributed by atoms with E-state index in [1.807, 2.05) is 42.5 Å². The first-order valence-corrected chi connectivity index (χ1v) is 11.8. The number of fused-ring (bicyclic) bond motifs is 1. The number of thioether (sulfide) groups is 1. The summed E-state index contributed by atoms with van der Waals surface area (Å²) in [4.78, 5) is 32.4. The third kappa shape index (κ3) is 5.89. The Morgan fingerprint density at radius 1 is 1.12 bits per heavy atom. The van der Waals surface area contributed by atoms with Gasteiger partial charge in [-0.2, -0.15) is 0 Å². The molecule has 1 N–H and O–H groups in total. The van der Waals surface area contributed by atoms with Crippen molar-refractivity contribution in [1.82, 2.24) is 9.55 Å². The molecule has 1 aromatic heterocycles. The molecule has 170 valence electrons. The lowest BCUT2D eigenvalue weighted by atomic mass is 10.2. The van der Waals surface area contributed by atoms with E-state index in [9.17, 15) is 9.59 Å². The van der Waals surface area contributed by atoms with Crippen LogP contribution in [0.5, 0.6) is 0 Å². The first-order valence-electron chi connectivity index (χ1n) is 10.8. The maximum absolute atomic E-state index is 13.0. The van der Waals surface area contributed by atoms with Gasteiger partial charge in [-0.1, -0.05) is 23.9 Å². The summed E-state index contributed by atoms with van der Waals surface area (Å²) < 4.78 is 6.76. The molecule has 1 amide bonds. The molecule has 7 nitrogen and oxygen atoms in total. The summed E-state index contributed by atoms with van der Waals surface area (Å²) in [5.41, 5.74) is 2.41. The third-order valence-corrected chi connectivity index (χ3v) is 6.15. The first-order chi connectivity index (χ1) is 15.6. The van der Waals surface area contributed by atoms with E-state index in [4.69, 9.17) is 4.74 Å². The molecule has 0 aliphatic rings. The molecule has 0 unspecified atom stereocenters. The molecule has 0 aliphatic heterocycles. The molecule has 0 saturated carbocycles. The number of methoxy groups -OCH3 is 1. The second-order valence-corrected chi connectivity index (χ2v) is 8.21. The van der Waals surface area contributed by atoms with E-state index in [0.717, 1.165) is 24.5 Å². The zero-order chi connectivity index (χ0) is 22.9. The predicted octanol–water partition coefficient (Wildman–Crippen LogP) is 4.01. The molecule has 32 heavy (non-hydrogen) atoms. The van der Waals surface area contributed by atoms with Gasteiger partial charge < -0.3 is 15.0 Å². The van der Waals surface area contributed by atoms with Crippen molar-refractivity contribution in [1.29, 1.82) is 0 Å². The molecule has 8 heteroatoms. The van der Waals surface area contributed by atoms with Gasteiger partial charge in [0.1, 0.15) is 0 Å². The molecular formula is C24H30N4O3S. The van der Waals surface area contributed by atoms with E-state index < -0.39 is 0 Å². The van der Waals surface area contributed by atoms with Crippen LogP contribution in [0.3, 0.4) is 0 Å². The Balaban J connectivity index is 1.71. The van der Waals surface area contributed by atoms with Crippen LogP contribution >= 0.6 is 11.8 Å². The van der Waals surface area contributed by atoms with Crippen molar-refractivity contribution in [2.24, 2.45) is 0 Å². The van der Waals surface area contributed by atoms with Crippen LogP contribution in [0.25, 0.3) is 10.9 Å². The molecular weight excluding hydrogens is 424 g/mol. The van der Waals surface area contributed by atoms with E-state index in [1.54, 1.807) is 17.7 Å². The summed E-state index contributed by atoms with van der Waals surface area (Å²) in [7, 11) is 1.63. The number of aromatic nitrogens is 2. The van der Waals surface area contributed by atoms with Crippen LogP contribution < -0.4 is 15.8 Å². The number of para-hydroxylation sites is 1. The van der Waals surface area contributed by atoms with Crippen LogP contribution in [-0.2, 0) is 16.1 Å². The number of ether oxygens (including phenoxy) is 1. The fraction of sp³-hybridized carbons (Fsp3) is 0.375. The van der Waals surface area contributed by atoms with Gasteiger partial charge in [-0.15, -0.1) is 0 Å². The predicted molar refractivity (Wildman–Crippen MR) is 132 cm³/mol. The number of carbonyl (C=O) groups is 1. The summed E-state index contributed by atoms with van der Waals surface area (Å²) in [5, 5.41) is 4.04. The number of amides is 1. The van der Waals surface area contributed by atoms with Crippen LogP contribution in [0.1, 0.15) is 20.3 Å². The molecule has 3 rings (SSSR count). The van der Waals surface area contributed by atoms with Crippen molar-refractivity contribution < 1.29 is 9.53 Å². The highest BCUT2D eigenvalue weighted by Crippen LogP contribution is 2.20. The van der Waals surface area contributed by atoms with E-state index >= 15 is 0 Å². The molecule has 0 radical (unpaired) electrons. The molecule has 0 spiro atoms. The molecule has 0 fully saturated rings. The topological polar surface area (TPSA) is 76.5 Å². The summed E-state index contributed by atoms with van der Waals surface area (Å²) in [6.07, 6.45) is 0.690. The number of anilines is 2. The number of hydrogen-bond donors (Lipinski definition) is 1. The zero-order valence-electron chi connectivity index (χ0n) is 18.8. The monoisotopic (exact) mass is 454 g/mol. The lowest BCUT2D eigenvalue weighted by molar-refractivity contribution is -0.113. The largest absolute Gasteiger partial charge is 0.385 e. The van der Waals surface area contributed by atoms with Crippen molar-refractivity contribution in [3.63, 3.8) is 0 Å². The number of rotatable bonds is 11. The summed E-state index contributed by atoms with van der Waals surface area (Å²) in [5.74, 6) is 0.0174. The van der Waals surface area contributed by atoms with Crippen LogP contribution in [-0.4, -0.2) is 48.0 Å². The van der Waals surface area contributed by atoms with Crippen molar-refractivity contribution in [2.45, 2.75) is 32.0 Å². The normalized spacial score (nSPS) is 11.0. The maximum Gasteiger partial charge on any atom is 0.262 e. The smallest absolute Gasteiger partial charge is 0.262 e. The number of nitrogens with one attached hydrogen (secondary N) is 1. The van der Waals surface area contributed by atoms with Gasteiger partial charge in [0, 0.05) is 44.7 Å². The molecule has 1 heterocycles. The molecule has 0 atom stereocenters. The van der Waals surface area contributed by atoms with Crippen molar-refractivity contribution >= 4 is 39.9 Å². The van der Waals surface area contributed by atoms with Crippen LogP contribution in [0.2, 0.25) is 0 Å². The molecule has 0 bridgehead atoms. The van der Waals surface area contributed by atoms with Crippen molar-refractivity contribution in [3.05, 3.63) is 58.9 Å². The summed E-state index contributed by atoms with van der Waals surface area (Å²) in [6.45, 7) is 7.14. The second kappa shape index (κ2) is 11.7. The van der Waals surface area contributed by atoms with E-state index in [0.29, 0.717) is 35.6 Å². The fourth-order valence-corrected chi connectivity index (χ4v) is 4.32. The van der Waals surface area contributed by atoms with Gasteiger partial charge in [0.15, 0.2) is 5.16 Å². The maximum atomic E-state index is 13.0. The number of benzene rings is 2. The van der Waals surface area contributed by atoms with E-state index in [2.05, 4.69) is 29.0 Å². The Morgan fingerprint density at radius 3 is 2.53 bits per heavy atom. The lowest BCUT2D eigenvalue weighted by Crippen LogP contribution is -2.25. The van der Waals surface area contributed by atoms with Gasteiger partial charge in [-0.3, -0.25) is 14.2 Å². The Morgan fingerprint density at radius 2 is 1.84 bits per heavy atom. The molecule has 2 aromatic carbocycles. The SMILES string of the molecule is CCN(CC)c1ccc(NC(=O)CSc2nc3ccccc3c(=O)n2CCCOC)cc1. The fourth-order valence-electron chi connectivity index (χ4n) is 3.49. The zero-order valence-corrected chi connectivity index (χ0v) is 19.7. The highest BCUT2D eigenvalue weighted by Gasteiger charge is 2.13. The summed E-state index contributed by atoms with van der Waals surface area (Å²) in [6, 6.07) is 15.1. The number of hydrogen-bond acceptors (Lipinski definition) is 6. The second-order valence-electron chi connectivity index (χ2n) is 7.27. The van der Waals surface area contributed by atoms with Crippen LogP contribution in [0.15, 0.2) is 58.5 Å². The Hall–Kier alpha value is -2.84. The van der Waals surface area contributed by atoms with Gasteiger partial charge in [0.05, 0.1) is 16.7 Å². The summed E-state index contributed by atoms with van der Waals surface area (Å²) >= 11 is 1.27. The Labute approximate surface area is 192 Å². The first kappa shape index (κ1) is 23.8. The molecule has 3 aromatic rings. The van der Waals surface area contributed by atoms with Crippen molar-refractivity contribution in [2.75, 3.05) is 42.8 Å². The lowest BCUT2D eigenvalue weighted by Gasteiger charge is -2.21. The average Bonchev–Trinajstić information content (AvgIpc) is 2.81. The van der Waals surface area contributed by atoms with Gasteiger partial charge in [-0.25, -0.2) is 4.98 Å². The number of carbonyl (C=O) groups excluding carboxylic acids is 1. The highest BCUT2D eigenvalue weighted by molar-refractivity contribution is 7.99. The van der Waals surface area contributed by atoms with Crippen LogP contribution in [0.4, 0.5) is 11.4 Å². The van der Waals surface area contributed by atoms with Gasteiger partial charge in [0.25, 0.3) is 5.56 Å². The Bertz CT molecular complexity index is 1090. The minimum atomic E-state index is -0.142. The van der Waals surface area contributed by atoms with Gasteiger partial charge in [-0.05, 0) is 56.7 Å². The highest BCUT2D eigenvalue weighted by atomic mass is 32.2. The third-order valence-electron chi connectivity index (χ3n) is 5.17. The van der Waals surface area contributed by atoms with Crippen LogP contribution in [0, 0.1) is 0 Å². The Kier molecular flexibility index (Phi) is 8.70. The van der Waals surface area contributed by atoms with Gasteiger partial charge in [0.2, 0.25) is 5.91 Å². The quantitative estimate of drug-likeness (QED) is 0.268. The number of nitrogens with zero attached hydrogens (tertiary/aromatic N) is 3. The van der Waals surface area contributed by atoms with E-state index in [1.165, 1.54) is 11.8 Å². The van der Waals surface area contributed by atoms with Crippen molar-refractivity contribution in [3.8, 4) is 0 Å². The van der Waals surface area contributed by atoms with Gasteiger partial charge >= 0.3 is 0 Å². The standard InChI is InChI=1S/C24H30N4O3S/c1-4-27(5-2)19-13-11-18(12-14-19)25-22(29)17-32-24-26-21-10-7-6-9-20(21)23(30)28(24)15-8-16-31-3/h6-7,9-14H,4-5,8,15-17H2,1-3H3,(H,25,29).